The number of fused-ring (bicyclic) bond motifs is 5. The Morgan fingerprint density at radius 3 is 2.30 bits per heavy atom. The van der Waals surface area contributed by atoms with Crippen molar-refractivity contribution in [3.8, 4) is 17.2 Å². The maximum Gasteiger partial charge on any atom is 0.416 e. The molecule has 8 nitrogen and oxygen atoms in total. The van der Waals surface area contributed by atoms with E-state index >= 15 is 0 Å². The third-order valence-corrected chi connectivity index (χ3v) is 5.24. The summed E-state index contributed by atoms with van der Waals surface area (Å²) in [5.41, 5.74) is 0.717. The van der Waals surface area contributed by atoms with Crippen LogP contribution in [0.25, 0.3) is 21.8 Å². The second kappa shape index (κ2) is 6.08. The van der Waals surface area contributed by atoms with Gasteiger partial charge in [-0.25, -0.2) is 9.36 Å². The number of rotatable bonds is 2. The zero-order valence-electron chi connectivity index (χ0n) is 15.6. The summed E-state index contributed by atoms with van der Waals surface area (Å²) < 4.78 is 6.86. The molecule has 1 aromatic heterocycles. The lowest BCUT2D eigenvalue weighted by Gasteiger charge is -2.11. The number of amides is 2. The lowest BCUT2D eigenvalue weighted by atomic mass is 10.0. The zero-order chi connectivity index (χ0) is 21.2. The SMILES string of the molecule is CN1C(=O)c2c(Oc3ccccc3O)cc3c(c2C1=O)c1ccccc1n3C(=O)O. The number of phenols is 1. The predicted octanol–water partition coefficient (Wildman–Crippen LogP) is 4.04. The van der Waals surface area contributed by atoms with E-state index in [1.807, 2.05) is 0 Å². The first-order chi connectivity index (χ1) is 14.4. The van der Waals surface area contributed by atoms with E-state index in [9.17, 15) is 24.6 Å². The van der Waals surface area contributed by atoms with Gasteiger partial charge in [-0.15, -0.1) is 0 Å². The molecule has 0 bridgehead atoms. The quantitative estimate of drug-likeness (QED) is 0.490. The van der Waals surface area contributed by atoms with E-state index in [-0.39, 0.29) is 33.9 Å². The highest BCUT2D eigenvalue weighted by Gasteiger charge is 2.40. The molecule has 0 unspecified atom stereocenters. The molecule has 0 radical (unpaired) electrons. The Bertz CT molecular complexity index is 1420. The van der Waals surface area contributed by atoms with Crippen LogP contribution in [0.1, 0.15) is 20.7 Å². The summed E-state index contributed by atoms with van der Waals surface area (Å²) in [5.74, 6) is -1.19. The summed E-state index contributed by atoms with van der Waals surface area (Å²) in [7, 11) is 1.36. The van der Waals surface area contributed by atoms with Crippen molar-refractivity contribution in [3.63, 3.8) is 0 Å². The molecule has 0 saturated carbocycles. The number of ether oxygens (including phenoxy) is 1. The van der Waals surface area contributed by atoms with Gasteiger partial charge in [0.05, 0.1) is 22.2 Å². The Morgan fingerprint density at radius 2 is 1.57 bits per heavy atom. The number of benzene rings is 3. The van der Waals surface area contributed by atoms with Gasteiger partial charge in [0, 0.05) is 23.9 Å². The highest BCUT2D eigenvalue weighted by molar-refractivity contribution is 6.31. The number of imide groups is 1. The van der Waals surface area contributed by atoms with Crippen LogP contribution in [0.5, 0.6) is 17.2 Å². The maximum absolute atomic E-state index is 13.0. The summed E-state index contributed by atoms with van der Waals surface area (Å²) in [6, 6.07) is 14.4. The summed E-state index contributed by atoms with van der Waals surface area (Å²) in [4.78, 5) is 38.8. The van der Waals surface area contributed by atoms with Crippen LogP contribution in [-0.2, 0) is 0 Å². The fraction of sp³-hybridized carbons (Fsp3) is 0.0455. The van der Waals surface area contributed by atoms with Crippen molar-refractivity contribution in [2.45, 2.75) is 0 Å². The molecule has 2 heterocycles. The molecule has 0 fully saturated rings. The molecule has 8 heteroatoms. The Morgan fingerprint density at radius 1 is 0.900 bits per heavy atom. The van der Waals surface area contributed by atoms with Crippen molar-refractivity contribution >= 4 is 39.7 Å². The predicted molar refractivity (Wildman–Crippen MR) is 107 cm³/mol. The second-order valence-electron chi connectivity index (χ2n) is 6.89. The number of hydrogen-bond acceptors (Lipinski definition) is 5. The molecule has 1 aliphatic rings. The van der Waals surface area contributed by atoms with Gasteiger partial charge in [0.15, 0.2) is 11.5 Å². The number of phenolic OH excluding ortho intramolecular Hbond substituents is 1. The molecule has 0 aliphatic carbocycles. The molecule has 1 aliphatic heterocycles. The number of carbonyl (C=O) groups is 3. The van der Waals surface area contributed by atoms with Crippen molar-refractivity contribution in [1.82, 2.24) is 9.47 Å². The molecule has 3 aromatic carbocycles. The summed E-state index contributed by atoms with van der Waals surface area (Å²) >= 11 is 0. The summed E-state index contributed by atoms with van der Waals surface area (Å²) in [5, 5.41) is 20.8. The van der Waals surface area contributed by atoms with Crippen molar-refractivity contribution in [2.75, 3.05) is 7.05 Å². The van der Waals surface area contributed by atoms with Crippen LogP contribution in [0.4, 0.5) is 4.79 Å². The maximum atomic E-state index is 13.0. The van der Waals surface area contributed by atoms with Crippen LogP contribution >= 0.6 is 0 Å². The number of carbonyl (C=O) groups excluding carboxylic acids is 2. The van der Waals surface area contributed by atoms with Crippen molar-refractivity contribution in [3.05, 3.63) is 65.7 Å². The molecule has 5 rings (SSSR count). The average Bonchev–Trinajstić information content (AvgIpc) is 3.17. The standard InChI is InChI=1S/C22H14N2O6/c1-23-20(26)18-16(30-15-9-5-4-8-14(15)25)10-13-17(19(18)21(23)27)11-6-2-3-7-12(11)24(13)22(28)29/h2-10,25H,1H3,(H,28,29). The topological polar surface area (TPSA) is 109 Å². The minimum atomic E-state index is -1.24. The van der Waals surface area contributed by atoms with Gasteiger partial charge in [-0.3, -0.25) is 14.5 Å². The van der Waals surface area contributed by atoms with Gasteiger partial charge in [-0.1, -0.05) is 30.3 Å². The van der Waals surface area contributed by atoms with E-state index in [1.54, 1.807) is 36.4 Å². The zero-order valence-corrected chi connectivity index (χ0v) is 15.6. The average molecular weight is 402 g/mol. The summed E-state index contributed by atoms with van der Waals surface area (Å²) in [6.07, 6.45) is -1.24. The van der Waals surface area contributed by atoms with Gasteiger partial charge in [0.25, 0.3) is 11.8 Å². The van der Waals surface area contributed by atoms with Crippen molar-refractivity contribution in [1.29, 1.82) is 0 Å². The molecule has 30 heavy (non-hydrogen) atoms. The highest BCUT2D eigenvalue weighted by Crippen LogP contribution is 2.43. The second-order valence-corrected chi connectivity index (χ2v) is 6.89. The largest absolute Gasteiger partial charge is 0.504 e. The molecule has 0 atom stereocenters. The molecule has 0 saturated heterocycles. The normalized spacial score (nSPS) is 13.3. The number of aromatic hydroxyl groups is 1. The van der Waals surface area contributed by atoms with Crippen LogP contribution < -0.4 is 4.74 Å². The van der Waals surface area contributed by atoms with E-state index in [4.69, 9.17) is 4.74 Å². The molecular weight excluding hydrogens is 388 g/mol. The molecule has 2 amide bonds. The first kappa shape index (κ1) is 17.7. The number of hydrogen-bond donors (Lipinski definition) is 2. The first-order valence-corrected chi connectivity index (χ1v) is 9.02. The van der Waals surface area contributed by atoms with E-state index in [2.05, 4.69) is 0 Å². The molecular formula is C22H14N2O6. The number of nitrogens with zero attached hydrogens (tertiary/aromatic N) is 2. The van der Waals surface area contributed by atoms with E-state index < -0.39 is 17.9 Å². The third-order valence-electron chi connectivity index (χ3n) is 5.24. The van der Waals surface area contributed by atoms with Crippen LogP contribution in [0.15, 0.2) is 54.6 Å². The van der Waals surface area contributed by atoms with Crippen molar-refractivity contribution < 1.29 is 29.3 Å². The van der Waals surface area contributed by atoms with Gasteiger partial charge in [-0.05, 0) is 18.2 Å². The van der Waals surface area contributed by atoms with Gasteiger partial charge in [-0.2, -0.15) is 0 Å². The number of carboxylic acid groups (broad SMARTS) is 1. The van der Waals surface area contributed by atoms with Crippen LogP contribution in [0.3, 0.4) is 0 Å². The lowest BCUT2D eigenvalue weighted by Crippen LogP contribution is -2.24. The lowest BCUT2D eigenvalue weighted by molar-refractivity contribution is 0.0693. The van der Waals surface area contributed by atoms with Gasteiger partial charge in [0.2, 0.25) is 0 Å². The molecule has 2 N–H and O–H groups in total. The van der Waals surface area contributed by atoms with Crippen LogP contribution in [-0.4, -0.2) is 44.6 Å². The minimum Gasteiger partial charge on any atom is -0.504 e. The monoisotopic (exact) mass is 402 g/mol. The van der Waals surface area contributed by atoms with E-state index in [1.165, 1.54) is 25.2 Å². The Kier molecular flexibility index (Phi) is 3.60. The molecule has 4 aromatic rings. The Hall–Kier alpha value is -4.33. The van der Waals surface area contributed by atoms with Gasteiger partial charge in [0.1, 0.15) is 5.75 Å². The Labute approximate surface area is 169 Å². The van der Waals surface area contributed by atoms with Gasteiger partial charge < -0.3 is 14.9 Å². The number of aromatic nitrogens is 1. The molecule has 148 valence electrons. The summed E-state index contributed by atoms with van der Waals surface area (Å²) in [6.45, 7) is 0. The minimum absolute atomic E-state index is 0.00740. The molecule has 0 spiro atoms. The van der Waals surface area contributed by atoms with Gasteiger partial charge >= 0.3 is 6.09 Å². The van der Waals surface area contributed by atoms with E-state index in [0.29, 0.717) is 16.3 Å². The smallest absolute Gasteiger partial charge is 0.416 e. The fourth-order valence-corrected chi connectivity index (χ4v) is 3.91. The fourth-order valence-electron chi connectivity index (χ4n) is 3.91. The first-order valence-electron chi connectivity index (χ1n) is 9.02. The third kappa shape index (κ3) is 2.24. The highest BCUT2D eigenvalue weighted by atomic mass is 16.5. The van der Waals surface area contributed by atoms with Crippen LogP contribution in [0, 0.1) is 0 Å². The van der Waals surface area contributed by atoms with Crippen LogP contribution in [0.2, 0.25) is 0 Å². The Balaban J connectivity index is 1.93. The van der Waals surface area contributed by atoms with Crippen molar-refractivity contribution in [2.24, 2.45) is 0 Å². The number of para-hydroxylation sites is 3. The van der Waals surface area contributed by atoms with E-state index in [0.717, 1.165) is 9.47 Å².